The Morgan fingerprint density at radius 3 is 1.64 bits per heavy atom. The van der Waals surface area contributed by atoms with Gasteiger partial charge in [0.2, 0.25) is 0 Å². The van der Waals surface area contributed by atoms with E-state index in [2.05, 4.69) is 24.7 Å². The minimum absolute atomic E-state index is 0.0237. The van der Waals surface area contributed by atoms with Gasteiger partial charge in [0.1, 0.15) is 5.15 Å². The van der Waals surface area contributed by atoms with Gasteiger partial charge in [0.05, 0.1) is 29.6 Å². The van der Waals surface area contributed by atoms with E-state index in [1.165, 1.54) is 0 Å². The highest BCUT2D eigenvalue weighted by Crippen LogP contribution is 2.28. The molecule has 4 heterocycles. The van der Waals surface area contributed by atoms with Crippen LogP contribution < -0.4 is 17.2 Å². The Morgan fingerprint density at radius 1 is 0.714 bits per heavy atom. The summed E-state index contributed by atoms with van der Waals surface area (Å²) >= 11 is 26.0. The van der Waals surface area contributed by atoms with E-state index >= 15 is 0 Å². The SMILES string of the molecule is CSC.CSCc1ccnc(Cl)c1N.C[S+](C)[N-]c1cccnc1Cl.Cc1ccnc(Cl)c1N.Nc1cccnc1Cl. The Hall–Kier alpha value is -1.99. The number of rotatable bonds is 4. The van der Waals surface area contributed by atoms with Crippen molar-refractivity contribution >= 4 is 104 Å². The van der Waals surface area contributed by atoms with E-state index < -0.39 is 0 Å². The summed E-state index contributed by atoms with van der Waals surface area (Å²) in [4.78, 5) is 15.3. The zero-order chi connectivity index (χ0) is 32.1. The average molecular weight is 711 g/mol. The van der Waals surface area contributed by atoms with Gasteiger partial charge in [-0.25, -0.2) is 19.9 Å². The largest absolute Gasteiger partial charge is 0.461 e. The molecule has 4 rings (SSSR count). The molecule has 230 valence electrons. The lowest BCUT2D eigenvalue weighted by Crippen LogP contribution is -1.94. The smallest absolute Gasteiger partial charge is 0.152 e. The Bertz CT molecular complexity index is 1280. The van der Waals surface area contributed by atoms with Crippen LogP contribution in [0.2, 0.25) is 20.6 Å². The van der Waals surface area contributed by atoms with Crippen LogP contribution in [0.3, 0.4) is 0 Å². The summed E-state index contributed by atoms with van der Waals surface area (Å²) in [6, 6.07) is 10.8. The number of thioether (sulfide) groups is 2. The summed E-state index contributed by atoms with van der Waals surface area (Å²) in [6.07, 6.45) is 16.7. The summed E-state index contributed by atoms with van der Waals surface area (Å²) in [6.45, 7) is 1.89. The van der Waals surface area contributed by atoms with Gasteiger partial charge < -0.3 is 21.9 Å². The molecule has 0 aliphatic heterocycles. The van der Waals surface area contributed by atoms with Gasteiger partial charge in [-0.15, -0.1) is 0 Å². The van der Waals surface area contributed by atoms with Crippen LogP contribution in [0.5, 0.6) is 0 Å². The zero-order valence-corrected chi connectivity index (χ0v) is 29.7. The van der Waals surface area contributed by atoms with Gasteiger partial charge in [0.25, 0.3) is 0 Å². The second-order valence-electron chi connectivity index (χ2n) is 7.91. The highest BCUT2D eigenvalue weighted by molar-refractivity contribution is 7.98. The zero-order valence-electron chi connectivity index (χ0n) is 24.2. The van der Waals surface area contributed by atoms with Crippen molar-refractivity contribution in [3.8, 4) is 0 Å². The van der Waals surface area contributed by atoms with Gasteiger partial charge in [0, 0.05) is 30.5 Å². The van der Waals surface area contributed by atoms with Crippen LogP contribution in [0.1, 0.15) is 11.1 Å². The summed E-state index contributed by atoms with van der Waals surface area (Å²) < 4.78 is 4.29. The van der Waals surface area contributed by atoms with E-state index in [1.807, 2.05) is 62.5 Å². The molecule has 0 saturated heterocycles. The molecule has 15 heteroatoms. The molecular formula is C27H36Cl4N8S3. The van der Waals surface area contributed by atoms with Crippen LogP contribution in [0, 0.1) is 6.92 Å². The Labute approximate surface area is 280 Å². The van der Waals surface area contributed by atoms with Crippen molar-refractivity contribution in [1.29, 1.82) is 0 Å². The summed E-state index contributed by atoms with van der Waals surface area (Å²) in [5.41, 5.74) is 21.0. The molecule has 0 aliphatic rings. The van der Waals surface area contributed by atoms with Gasteiger partial charge in [-0.3, -0.25) is 0 Å². The third-order valence-corrected chi connectivity index (χ3v) is 6.67. The number of nitrogens with two attached hydrogens (primary N) is 3. The van der Waals surface area contributed by atoms with Crippen molar-refractivity contribution in [3.63, 3.8) is 0 Å². The van der Waals surface area contributed by atoms with E-state index in [4.69, 9.17) is 63.6 Å². The molecule has 4 aromatic heterocycles. The third kappa shape index (κ3) is 17.2. The monoisotopic (exact) mass is 708 g/mol. The molecule has 0 saturated carbocycles. The Morgan fingerprint density at radius 2 is 1.21 bits per heavy atom. The van der Waals surface area contributed by atoms with Gasteiger partial charge in [-0.1, -0.05) is 69.2 Å². The van der Waals surface area contributed by atoms with E-state index in [0.29, 0.717) is 37.7 Å². The second kappa shape index (κ2) is 23.5. The molecule has 0 aliphatic carbocycles. The second-order valence-corrected chi connectivity index (χ2v) is 12.8. The average Bonchev–Trinajstić information content (AvgIpc) is 2.94. The van der Waals surface area contributed by atoms with Crippen LogP contribution in [-0.2, 0) is 16.8 Å². The lowest BCUT2D eigenvalue weighted by Gasteiger charge is -2.15. The first-order valence-electron chi connectivity index (χ1n) is 11.8. The molecule has 4 aromatic rings. The molecular weight excluding hydrogens is 674 g/mol. The minimum atomic E-state index is 0.0237. The summed E-state index contributed by atoms with van der Waals surface area (Å²) in [5.74, 6) is 0.883. The number of hydrogen-bond donors (Lipinski definition) is 3. The number of pyridine rings is 4. The van der Waals surface area contributed by atoms with Gasteiger partial charge in [-0.2, -0.15) is 23.5 Å². The predicted octanol–water partition coefficient (Wildman–Crippen LogP) is 8.64. The molecule has 0 radical (unpaired) electrons. The number of halogens is 4. The van der Waals surface area contributed by atoms with Gasteiger partial charge in [0.15, 0.2) is 15.5 Å². The van der Waals surface area contributed by atoms with Crippen molar-refractivity contribution in [2.45, 2.75) is 12.7 Å². The van der Waals surface area contributed by atoms with Gasteiger partial charge >= 0.3 is 0 Å². The van der Waals surface area contributed by atoms with Crippen molar-refractivity contribution in [2.75, 3.05) is 48.5 Å². The number of aryl methyl sites for hydroxylation is 1. The highest BCUT2D eigenvalue weighted by Gasteiger charge is 2.02. The molecule has 0 bridgehead atoms. The van der Waals surface area contributed by atoms with Crippen molar-refractivity contribution in [3.05, 3.63) is 97.6 Å². The number of nitrogens with zero attached hydrogens (tertiary/aromatic N) is 5. The molecule has 0 aromatic carbocycles. The Balaban J connectivity index is 0.000000520. The van der Waals surface area contributed by atoms with Gasteiger partial charge in [-0.05, 0) is 67.1 Å². The normalized spacial score (nSPS) is 9.50. The molecule has 42 heavy (non-hydrogen) atoms. The predicted molar refractivity (Wildman–Crippen MR) is 194 cm³/mol. The molecule has 0 amide bonds. The first kappa shape index (κ1) is 40.0. The Kier molecular flexibility index (Phi) is 22.4. The fraction of sp³-hybridized carbons (Fsp3) is 0.259. The molecule has 6 N–H and O–H groups in total. The first-order chi connectivity index (χ1) is 19.9. The molecule has 0 fully saturated rings. The molecule has 0 atom stereocenters. The quantitative estimate of drug-likeness (QED) is 0.140. The van der Waals surface area contributed by atoms with Crippen LogP contribution in [0.15, 0.2) is 61.2 Å². The molecule has 0 unspecified atom stereocenters. The number of anilines is 3. The minimum Gasteiger partial charge on any atom is -0.461 e. The first-order valence-corrected chi connectivity index (χ1v) is 18.3. The van der Waals surface area contributed by atoms with Crippen molar-refractivity contribution < 1.29 is 0 Å². The lowest BCUT2D eigenvalue weighted by molar-refractivity contribution is 1.28. The number of nitrogen functional groups attached to an aromatic ring is 3. The van der Waals surface area contributed by atoms with E-state index in [9.17, 15) is 0 Å². The molecule has 8 nitrogen and oxygen atoms in total. The van der Waals surface area contributed by atoms with Crippen molar-refractivity contribution in [1.82, 2.24) is 19.9 Å². The fourth-order valence-corrected chi connectivity index (χ4v) is 4.16. The maximum Gasteiger partial charge on any atom is 0.152 e. The maximum atomic E-state index is 5.77. The topological polar surface area (TPSA) is 144 Å². The van der Waals surface area contributed by atoms with Crippen LogP contribution in [-0.4, -0.2) is 51.2 Å². The molecule has 0 spiro atoms. The van der Waals surface area contributed by atoms with E-state index in [0.717, 1.165) is 22.6 Å². The summed E-state index contributed by atoms with van der Waals surface area (Å²) in [7, 11) is 0. The van der Waals surface area contributed by atoms with Crippen molar-refractivity contribution in [2.24, 2.45) is 0 Å². The third-order valence-electron chi connectivity index (χ3n) is 4.30. The standard InChI is InChI=1S/2C7H9ClN2S.C6H7ClN2.C5H5ClN2.C2H6S/c1-11(2)10-6-4-3-5-9-7(6)8;1-11-4-5-2-3-10-7(8)6(5)9;1-4-2-3-9-6(7)5(4)8;6-5-4(7)2-1-3-8-5;1-3-2/h3-5H,1-2H3;2-3H,4,9H2,1H3;2-3H,8H2,1H3;1-3H,7H2;1-2H3. The fourth-order valence-electron chi connectivity index (χ4n) is 2.34. The summed E-state index contributed by atoms with van der Waals surface area (Å²) in [5, 5.41) is 1.63. The van der Waals surface area contributed by atoms with Crippen LogP contribution in [0.25, 0.3) is 4.72 Å². The van der Waals surface area contributed by atoms with E-state index in [1.54, 1.807) is 60.4 Å². The van der Waals surface area contributed by atoms with Crippen LogP contribution >= 0.6 is 69.9 Å². The number of aromatic nitrogens is 4. The maximum absolute atomic E-state index is 5.77. The van der Waals surface area contributed by atoms with Crippen LogP contribution in [0.4, 0.5) is 22.7 Å². The number of hydrogen-bond acceptors (Lipinski definition) is 9. The highest BCUT2D eigenvalue weighted by atomic mass is 35.5. The van der Waals surface area contributed by atoms with E-state index in [-0.39, 0.29) is 11.1 Å². The lowest BCUT2D eigenvalue weighted by atomic mass is 10.3.